The molecule has 0 aromatic heterocycles. The van der Waals surface area contributed by atoms with Crippen LogP contribution in [-0.4, -0.2) is 23.2 Å². The van der Waals surface area contributed by atoms with E-state index in [4.69, 9.17) is 4.74 Å². The van der Waals surface area contributed by atoms with Crippen LogP contribution in [0.1, 0.15) is 11.1 Å². The Morgan fingerprint density at radius 3 is 2.52 bits per heavy atom. The summed E-state index contributed by atoms with van der Waals surface area (Å²) in [6.07, 6.45) is 0.0659. The summed E-state index contributed by atoms with van der Waals surface area (Å²) in [5, 5.41) is 20.6. The van der Waals surface area contributed by atoms with E-state index in [0.717, 1.165) is 11.3 Å². The lowest BCUT2D eigenvalue weighted by atomic mass is 10.1. The minimum absolute atomic E-state index is 0.0130. The van der Waals surface area contributed by atoms with Gasteiger partial charge in [-0.25, -0.2) is 4.79 Å². The summed E-state index contributed by atoms with van der Waals surface area (Å²) in [5.41, 5.74) is 1.43. The number of amides is 1. The van der Waals surface area contributed by atoms with Gasteiger partial charge in [0.05, 0.1) is 13.5 Å². The molecule has 5 heteroatoms. The number of ether oxygens (including phenoxy) is 1. The third-order valence-corrected chi connectivity index (χ3v) is 3.15. The number of nitrogens with two attached hydrogens (primary N) is 1. The number of benzene rings is 2. The Morgan fingerprint density at radius 2 is 1.86 bits per heavy atom. The molecule has 2 aromatic rings. The molecule has 0 bridgehead atoms. The second kappa shape index (κ2) is 6.76. The smallest absolute Gasteiger partial charge is 0.315 e. The zero-order chi connectivity index (χ0) is 15.2. The fourth-order valence-corrected chi connectivity index (χ4v) is 1.97. The van der Waals surface area contributed by atoms with E-state index in [0.29, 0.717) is 12.1 Å². The van der Waals surface area contributed by atoms with Crippen molar-refractivity contribution in [2.45, 2.75) is 13.0 Å². The molecule has 2 aromatic carbocycles. The van der Waals surface area contributed by atoms with E-state index in [9.17, 15) is 15.0 Å². The molecule has 4 N–H and O–H groups in total. The van der Waals surface area contributed by atoms with Crippen molar-refractivity contribution in [2.75, 3.05) is 7.11 Å². The molecule has 0 atom stereocenters. The lowest BCUT2D eigenvalue weighted by Gasteiger charge is -2.05. The zero-order valence-corrected chi connectivity index (χ0v) is 11.7. The van der Waals surface area contributed by atoms with Crippen LogP contribution in [0.4, 0.5) is 0 Å². The number of quaternary nitrogens is 1. The van der Waals surface area contributed by atoms with Crippen molar-refractivity contribution >= 4 is 5.91 Å². The monoisotopic (exact) mass is 288 g/mol. The van der Waals surface area contributed by atoms with Gasteiger partial charge in [-0.05, 0) is 42.5 Å². The van der Waals surface area contributed by atoms with Crippen LogP contribution < -0.4 is 10.1 Å². The quantitative estimate of drug-likeness (QED) is 0.715. The standard InChI is InChI=1S/C16H17NO4/c1-21-14-5-2-11(3-6-14)10-17-16(20)9-12-8-13(18)4-7-15(12)19/h2-8,18-19H,9-10H2,1H3,(H,17,20)/p+1. The molecule has 0 saturated heterocycles. The zero-order valence-electron chi connectivity index (χ0n) is 11.7. The van der Waals surface area contributed by atoms with E-state index in [-0.39, 0.29) is 23.8 Å². The lowest BCUT2D eigenvalue weighted by molar-refractivity contribution is -0.584. The number of phenols is 2. The first-order valence-electron chi connectivity index (χ1n) is 6.58. The second-order valence-corrected chi connectivity index (χ2v) is 4.71. The summed E-state index contributed by atoms with van der Waals surface area (Å²) in [5.74, 6) is 0.714. The van der Waals surface area contributed by atoms with E-state index >= 15 is 0 Å². The number of rotatable bonds is 5. The highest BCUT2D eigenvalue weighted by Gasteiger charge is 2.12. The molecule has 0 radical (unpaired) electrons. The number of methoxy groups -OCH3 is 1. The van der Waals surface area contributed by atoms with Gasteiger partial charge in [0, 0.05) is 11.1 Å². The number of phenolic OH excluding ortho intramolecular Hbond substituents is 2. The molecule has 2 rings (SSSR count). The summed E-state index contributed by atoms with van der Waals surface area (Å²) in [7, 11) is 1.60. The highest BCUT2D eigenvalue weighted by molar-refractivity contribution is 5.70. The number of carbonyl (C=O) groups excluding carboxylic acids is 1. The van der Waals surface area contributed by atoms with E-state index in [1.165, 1.54) is 18.2 Å². The van der Waals surface area contributed by atoms with Crippen LogP contribution in [0.5, 0.6) is 17.2 Å². The van der Waals surface area contributed by atoms with Gasteiger partial charge < -0.3 is 14.9 Å². The third-order valence-electron chi connectivity index (χ3n) is 3.15. The van der Waals surface area contributed by atoms with Crippen LogP contribution >= 0.6 is 0 Å². The molecule has 0 saturated carbocycles. The summed E-state index contributed by atoms with van der Waals surface area (Å²) < 4.78 is 5.07. The van der Waals surface area contributed by atoms with Crippen LogP contribution in [-0.2, 0) is 17.8 Å². The minimum Gasteiger partial charge on any atom is -0.508 e. The Labute approximate surface area is 122 Å². The van der Waals surface area contributed by atoms with Gasteiger partial charge in [-0.3, -0.25) is 5.32 Å². The van der Waals surface area contributed by atoms with E-state index in [1.54, 1.807) is 12.4 Å². The van der Waals surface area contributed by atoms with Crippen LogP contribution in [0.3, 0.4) is 0 Å². The highest BCUT2D eigenvalue weighted by Crippen LogP contribution is 2.22. The topological polar surface area (TPSA) is 83.4 Å². The number of primary amides is 1. The summed E-state index contributed by atoms with van der Waals surface area (Å²) in [4.78, 5) is 11.9. The summed E-state index contributed by atoms with van der Waals surface area (Å²) in [6, 6.07) is 11.6. The molecule has 21 heavy (non-hydrogen) atoms. The number of hydrogen-bond donors (Lipinski definition) is 3. The van der Waals surface area contributed by atoms with E-state index in [2.05, 4.69) is 0 Å². The molecule has 0 aliphatic rings. The molecule has 0 spiro atoms. The number of hydrogen-bond acceptors (Lipinski definition) is 4. The van der Waals surface area contributed by atoms with Crippen molar-refractivity contribution in [1.29, 1.82) is 0 Å². The van der Waals surface area contributed by atoms with Gasteiger partial charge in [-0.15, -0.1) is 0 Å². The van der Waals surface area contributed by atoms with Crippen LogP contribution in [0.2, 0.25) is 0 Å². The average molecular weight is 288 g/mol. The normalized spacial score (nSPS) is 10.3. The maximum Gasteiger partial charge on any atom is 0.315 e. The van der Waals surface area contributed by atoms with Crippen molar-refractivity contribution < 1.29 is 25.1 Å². The van der Waals surface area contributed by atoms with Gasteiger partial charge in [0.1, 0.15) is 23.8 Å². The fourth-order valence-electron chi connectivity index (χ4n) is 1.97. The van der Waals surface area contributed by atoms with Crippen molar-refractivity contribution in [3.63, 3.8) is 0 Å². The Bertz CT molecular complexity index is 623. The predicted octanol–water partition coefficient (Wildman–Crippen LogP) is 0.939. The van der Waals surface area contributed by atoms with Gasteiger partial charge in [0.2, 0.25) is 0 Å². The molecular weight excluding hydrogens is 270 g/mol. The van der Waals surface area contributed by atoms with Crippen molar-refractivity contribution in [3.05, 3.63) is 53.6 Å². The second-order valence-electron chi connectivity index (χ2n) is 4.71. The maximum atomic E-state index is 11.9. The Hall–Kier alpha value is -2.53. The third kappa shape index (κ3) is 4.22. The molecule has 0 aliphatic heterocycles. The van der Waals surface area contributed by atoms with Gasteiger partial charge in [0.15, 0.2) is 0 Å². The molecule has 5 nitrogen and oxygen atoms in total. The predicted molar refractivity (Wildman–Crippen MR) is 77.1 cm³/mol. The van der Waals surface area contributed by atoms with Gasteiger partial charge in [0.25, 0.3) is 0 Å². The molecule has 0 heterocycles. The first-order valence-corrected chi connectivity index (χ1v) is 6.58. The first-order chi connectivity index (χ1) is 10.1. The molecule has 0 fully saturated rings. The SMILES string of the molecule is COc1ccc(C[NH2+]C(=O)Cc2cc(O)ccc2O)cc1. The van der Waals surface area contributed by atoms with E-state index in [1.807, 2.05) is 24.3 Å². The van der Waals surface area contributed by atoms with Crippen molar-refractivity contribution in [3.8, 4) is 17.2 Å². The largest absolute Gasteiger partial charge is 0.508 e. The average Bonchev–Trinajstić information content (AvgIpc) is 2.49. The number of aromatic hydroxyl groups is 2. The number of carbonyl (C=O) groups is 1. The molecule has 0 aliphatic carbocycles. The van der Waals surface area contributed by atoms with E-state index < -0.39 is 0 Å². The molecular formula is C16H18NO4+. The Morgan fingerprint density at radius 1 is 1.14 bits per heavy atom. The van der Waals surface area contributed by atoms with Gasteiger partial charge in [-0.2, -0.15) is 0 Å². The van der Waals surface area contributed by atoms with Crippen LogP contribution in [0, 0.1) is 0 Å². The fraction of sp³-hybridized carbons (Fsp3) is 0.188. The van der Waals surface area contributed by atoms with Crippen molar-refractivity contribution in [2.24, 2.45) is 0 Å². The summed E-state index contributed by atoms with van der Waals surface area (Å²) >= 11 is 0. The molecule has 1 amide bonds. The minimum atomic E-state index is -0.105. The van der Waals surface area contributed by atoms with Crippen molar-refractivity contribution in [1.82, 2.24) is 0 Å². The maximum absolute atomic E-state index is 11.9. The van der Waals surface area contributed by atoms with Crippen LogP contribution in [0.25, 0.3) is 0 Å². The summed E-state index contributed by atoms with van der Waals surface area (Å²) in [6.45, 7) is 0.516. The molecule has 110 valence electrons. The first kappa shape index (κ1) is 14.9. The van der Waals surface area contributed by atoms with Gasteiger partial charge >= 0.3 is 5.91 Å². The highest BCUT2D eigenvalue weighted by atomic mass is 16.5. The lowest BCUT2D eigenvalue weighted by Crippen LogP contribution is -2.87. The Balaban J connectivity index is 1.91. The Kier molecular flexibility index (Phi) is 4.79. The molecule has 0 unspecified atom stereocenters. The van der Waals surface area contributed by atoms with Gasteiger partial charge in [-0.1, -0.05) is 0 Å². The van der Waals surface area contributed by atoms with Crippen LogP contribution in [0.15, 0.2) is 42.5 Å².